The number of amides is 2. The molecule has 16 nitrogen and oxygen atoms in total. The molecule has 4 aliphatic rings. The molecule has 51 heavy (non-hydrogen) atoms. The molecule has 0 radical (unpaired) electrons. The van der Waals surface area contributed by atoms with Gasteiger partial charge in [0.05, 0.1) is 74.1 Å². The maximum absolute atomic E-state index is 13.5. The van der Waals surface area contributed by atoms with Crippen LogP contribution >= 0.6 is 12.0 Å². The van der Waals surface area contributed by atoms with Crippen LogP contribution in [0.15, 0.2) is 48.6 Å². The zero-order chi connectivity index (χ0) is 35.0. The molecule has 2 saturated heterocycles. The van der Waals surface area contributed by atoms with E-state index in [2.05, 4.69) is 33.2 Å². The second kappa shape index (κ2) is 17.3. The van der Waals surface area contributed by atoms with Crippen LogP contribution in [0.3, 0.4) is 0 Å². The van der Waals surface area contributed by atoms with Gasteiger partial charge in [0.2, 0.25) is 0 Å². The van der Waals surface area contributed by atoms with Gasteiger partial charge in [0, 0.05) is 31.6 Å². The van der Waals surface area contributed by atoms with Crippen LogP contribution in [-0.4, -0.2) is 97.9 Å². The van der Waals surface area contributed by atoms with Crippen LogP contribution in [0.1, 0.15) is 40.0 Å². The first kappa shape index (κ1) is 41.6. The van der Waals surface area contributed by atoms with E-state index in [0.29, 0.717) is 47.7 Å². The van der Waals surface area contributed by atoms with Crippen molar-refractivity contribution in [3.63, 3.8) is 0 Å². The zero-order valence-corrected chi connectivity index (χ0v) is 34.2. The Labute approximate surface area is 343 Å². The maximum atomic E-state index is 13.5. The van der Waals surface area contributed by atoms with Crippen LogP contribution in [0.25, 0.3) is 0 Å². The molecule has 0 bridgehead atoms. The summed E-state index contributed by atoms with van der Waals surface area (Å²) in [5.74, 6) is 0.422. The van der Waals surface area contributed by atoms with Crippen molar-refractivity contribution in [3.05, 3.63) is 59.7 Å². The number of fused-ring (bicyclic) bond motifs is 4. The predicted molar refractivity (Wildman–Crippen MR) is 173 cm³/mol. The van der Waals surface area contributed by atoms with Crippen LogP contribution in [-0.2, 0) is 19.5 Å². The van der Waals surface area contributed by atoms with E-state index < -0.39 is 32.8 Å². The van der Waals surface area contributed by atoms with Crippen molar-refractivity contribution in [3.8, 4) is 23.0 Å². The average Bonchev–Trinajstić information content (AvgIpc) is 3.60. The number of methoxy groups -OCH3 is 2. The molecule has 0 aliphatic carbocycles. The monoisotopic (exact) mass is 764 g/mol. The summed E-state index contributed by atoms with van der Waals surface area (Å²) in [6.45, 7) is 8.65. The van der Waals surface area contributed by atoms with E-state index >= 15 is 0 Å². The normalized spacial score (nSPS) is 22.1. The first-order valence-corrected chi connectivity index (χ1v) is 17.5. The Morgan fingerprint density at radius 2 is 1.31 bits per heavy atom. The number of hydrogen-bond acceptors (Lipinski definition) is 15. The number of rotatable bonds is 12. The van der Waals surface area contributed by atoms with E-state index in [1.165, 1.54) is 31.3 Å². The Morgan fingerprint density at radius 1 is 0.824 bits per heavy atom. The fourth-order valence-corrected chi connectivity index (χ4v) is 8.11. The Kier molecular flexibility index (Phi) is 14.1. The number of nitrogens with zero attached hydrogens (tertiary/aromatic N) is 2. The van der Waals surface area contributed by atoms with E-state index in [1.54, 1.807) is 17.0 Å². The van der Waals surface area contributed by atoms with Gasteiger partial charge in [-0.2, -0.15) is 4.33 Å². The molecule has 6 rings (SSSR count). The van der Waals surface area contributed by atoms with Crippen molar-refractivity contribution < 1.29 is 115 Å². The fraction of sp³-hybridized carbons (Fsp3) is 0.419. The van der Waals surface area contributed by atoms with Gasteiger partial charge in [-0.1, -0.05) is 24.3 Å². The maximum Gasteiger partial charge on any atom is 1.00 e. The molecule has 4 atom stereocenters. The third-order valence-electron chi connectivity index (χ3n) is 8.75. The summed E-state index contributed by atoms with van der Waals surface area (Å²) >= 11 is 0.757. The molecular formula is C31H34N4Na2O12S2. The van der Waals surface area contributed by atoms with Gasteiger partial charge in [0.1, 0.15) is 20.9 Å². The molecule has 20 heteroatoms. The predicted octanol–water partition coefficient (Wildman–Crippen LogP) is -3.98. The number of benzene rings is 2. The third-order valence-corrected chi connectivity index (χ3v) is 10.6. The van der Waals surface area contributed by atoms with E-state index in [1.807, 2.05) is 0 Å². The molecule has 0 aromatic heterocycles. The fourth-order valence-electron chi connectivity index (χ4n) is 6.54. The van der Waals surface area contributed by atoms with Gasteiger partial charge in [-0.3, -0.25) is 14.6 Å². The summed E-state index contributed by atoms with van der Waals surface area (Å²) in [6, 6.07) is 4.86. The van der Waals surface area contributed by atoms with Gasteiger partial charge in [-0.15, -0.1) is 0 Å². The van der Waals surface area contributed by atoms with Gasteiger partial charge in [-0.25, -0.2) is 8.42 Å². The third kappa shape index (κ3) is 8.63. The van der Waals surface area contributed by atoms with Crippen molar-refractivity contribution in [1.29, 1.82) is 0 Å². The molecule has 2 aromatic carbocycles. The molecule has 2 amide bonds. The molecule has 0 saturated carbocycles. The second-order valence-electron chi connectivity index (χ2n) is 11.9. The molecular weight excluding hydrogens is 730 g/mol. The number of ether oxygens (including phenoxy) is 4. The number of hydrogen-bond donors (Lipinski definition) is 2. The van der Waals surface area contributed by atoms with Crippen molar-refractivity contribution in [1.82, 2.24) is 9.80 Å². The van der Waals surface area contributed by atoms with Crippen LogP contribution < -0.4 is 94.0 Å². The van der Waals surface area contributed by atoms with Crippen molar-refractivity contribution in [2.45, 2.75) is 42.1 Å². The van der Waals surface area contributed by atoms with Crippen LogP contribution in [0.5, 0.6) is 23.0 Å². The summed E-state index contributed by atoms with van der Waals surface area (Å²) in [5, 5.41) is 18.0. The van der Waals surface area contributed by atoms with Gasteiger partial charge >= 0.3 is 59.1 Å². The Bertz CT molecular complexity index is 1800. The van der Waals surface area contributed by atoms with Crippen LogP contribution in [0.4, 0.5) is 11.4 Å². The van der Waals surface area contributed by atoms with Crippen molar-refractivity contribution in [2.24, 2.45) is 0 Å². The van der Waals surface area contributed by atoms with Gasteiger partial charge in [-0.05, 0) is 25.0 Å². The Hall–Kier alpha value is -2.20. The van der Waals surface area contributed by atoms with Crippen LogP contribution in [0.2, 0.25) is 0 Å². The molecule has 2 unspecified atom stereocenters. The summed E-state index contributed by atoms with van der Waals surface area (Å²) in [4.78, 5) is 29.9. The number of carbonyl (C=O) groups is 2. The minimum Gasteiger partial charge on any atom is -0.746 e. The molecule has 4 aliphatic heterocycles. The summed E-state index contributed by atoms with van der Waals surface area (Å²) in [7, 11) is -1.99. The standard InChI is InChI=1S/C31H36N4O12S2.2Na/c1-16-8-22-28(48-47-46-38)32-20-12-26(24(42-3)10-18(20)30(36)34(22)14-16)44-6-5-7-45-27-13-21-19(11-25(27)43-4)31(37)35-15-17(2)9-23(35)29(33-21)49(39,40)41;;/h10-13,22-23,28-29,32-33,38H,1-2,5-9,14-15H2,3-4H3,(H,39,40,41);;/q;2*+1/p-2/t22-,23-,28?,29?;;/m0../s1. The van der Waals surface area contributed by atoms with Gasteiger partial charge in [0.25, 0.3) is 11.8 Å². The zero-order valence-electron chi connectivity index (χ0n) is 28.6. The molecule has 2 aromatic rings. The summed E-state index contributed by atoms with van der Waals surface area (Å²) in [6.07, 6.45) is 1.06. The second-order valence-corrected chi connectivity index (χ2v) is 14.2. The average molecular weight is 765 g/mol. The SMILES string of the molecule is C=C1C[C@H]2C(SOO[O-])Nc3cc(OCCCOc4cc5c(cc4OC)C(=O)N4CC(=C)C[C@H]4C(S(=O)(=O)[O-])N5)c(OC)cc3C(=O)N2C1.[Na+].[Na+]. The quantitative estimate of drug-likeness (QED) is 0.0403. The van der Waals surface area contributed by atoms with Crippen LogP contribution in [0, 0.1) is 0 Å². The molecule has 264 valence electrons. The summed E-state index contributed by atoms with van der Waals surface area (Å²) < 4.78 is 64.3. The minimum absolute atomic E-state index is 0. The van der Waals surface area contributed by atoms with E-state index in [0.717, 1.165) is 17.6 Å². The molecule has 2 fully saturated rings. The topological polar surface area (TPSA) is 200 Å². The Balaban J connectivity index is 0.00000292. The van der Waals surface area contributed by atoms with Gasteiger partial charge in [0.15, 0.2) is 23.0 Å². The van der Waals surface area contributed by atoms with Gasteiger partial charge < -0.3 is 49.2 Å². The number of carbonyl (C=O) groups excluding carboxylic acids is 2. The minimum atomic E-state index is -4.85. The van der Waals surface area contributed by atoms with Crippen molar-refractivity contribution in [2.75, 3.05) is 51.2 Å². The van der Waals surface area contributed by atoms with E-state index in [-0.39, 0.29) is 120 Å². The largest absolute Gasteiger partial charge is 1.00 e. The Morgan fingerprint density at radius 3 is 1.80 bits per heavy atom. The number of nitrogens with one attached hydrogen (secondary N) is 2. The smallest absolute Gasteiger partial charge is 0.746 e. The number of anilines is 2. The van der Waals surface area contributed by atoms with Crippen molar-refractivity contribution >= 4 is 45.4 Å². The first-order valence-electron chi connectivity index (χ1n) is 15.2. The molecule has 4 heterocycles. The van der Waals surface area contributed by atoms with E-state index in [4.69, 9.17) is 18.9 Å². The molecule has 2 N–H and O–H groups in total. The summed E-state index contributed by atoms with van der Waals surface area (Å²) in [5.41, 5.74) is 2.58. The van der Waals surface area contributed by atoms with E-state index in [9.17, 15) is 27.8 Å². The molecule has 0 spiro atoms. The first-order chi connectivity index (χ1) is 23.4.